The number of alkyl halides is 3. The maximum Gasteiger partial charge on any atom is 0.416 e. The quantitative estimate of drug-likeness (QED) is 0.750. The summed E-state index contributed by atoms with van der Waals surface area (Å²) in [6.07, 6.45) is -1.88. The lowest BCUT2D eigenvalue weighted by Gasteiger charge is -2.22. The standard InChI is InChI=1S/C15H17F4NO/c1-2-7-20(9-10-3-4-10)14(21)12-8-11(15(17,18)19)5-6-13(12)16/h5-6,8,10H,2-4,7,9H2,1H3. The summed E-state index contributed by atoms with van der Waals surface area (Å²) in [5.74, 6) is -1.17. The van der Waals surface area contributed by atoms with Crippen LogP contribution in [0.2, 0.25) is 0 Å². The number of rotatable bonds is 5. The fraction of sp³-hybridized carbons (Fsp3) is 0.533. The summed E-state index contributed by atoms with van der Waals surface area (Å²) in [6, 6.07) is 1.96. The smallest absolute Gasteiger partial charge is 0.338 e. The van der Waals surface area contributed by atoms with E-state index >= 15 is 0 Å². The van der Waals surface area contributed by atoms with Crippen molar-refractivity contribution in [3.8, 4) is 0 Å². The SMILES string of the molecule is CCCN(CC1CC1)C(=O)c1cc(C(F)(F)F)ccc1F. The molecule has 0 bridgehead atoms. The van der Waals surface area contributed by atoms with Crippen LogP contribution in [0.5, 0.6) is 0 Å². The summed E-state index contributed by atoms with van der Waals surface area (Å²) in [7, 11) is 0. The normalized spacial score (nSPS) is 15.1. The number of benzene rings is 1. The number of carbonyl (C=O) groups excluding carboxylic acids is 1. The van der Waals surface area contributed by atoms with Crippen LogP contribution in [0.15, 0.2) is 18.2 Å². The second-order valence-electron chi connectivity index (χ2n) is 5.39. The van der Waals surface area contributed by atoms with Gasteiger partial charge < -0.3 is 4.90 Å². The van der Waals surface area contributed by atoms with Crippen molar-refractivity contribution >= 4 is 5.91 Å². The molecule has 116 valence electrons. The predicted octanol–water partition coefficient (Wildman–Crippen LogP) is 4.11. The van der Waals surface area contributed by atoms with Crippen LogP contribution in [0.4, 0.5) is 17.6 Å². The lowest BCUT2D eigenvalue weighted by Crippen LogP contribution is -2.34. The van der Waals surface area contributed by atoms with Crippen molar-refractivity contribution in [2.24, 2.45) is 5.92 Å². The second kappa shape index (κ2) is 6.03. The van der Waals surface area contributed by atoms with Crippen molar-refractivity contribution in [3.63, 3.8) is 0 Å². The van der Waals surface area contributed by atoms with Gasteiger partial charge in [-0.1, -0.05) is 6.92 Å². The van der Waals surface area contributed by atoms with E-state index in [1.807, 2.05) is 6.92 Å². The average molecular weight is 303 g/mol. The first kappa shape index (κ1) is 15.8. The highest BCUT2D eigenvalue weighted by Gasteiger charge is 2.33. The molecule has 1 aliphatic carbocycles. The van der Waals surface area contributed by atoms with Gasteiger partial charge in [-0.15, -0.1) is 0 Å². The fourth-order valence-electron chi connectivity index (χ4n) is 2.19. The summed E-state index contributed by atoms with van der Waals surface area (Å²) in [4.78, 5) is 13.8. The molecule has 1 saturated carbocycles. The Bertz CT molecular complexity index is 523. The first-order valence-corrected chi connectivity index (χ1v) is 6.99. The molecule has 0 radical (unpaired) electrons. The van der Waals surface area contributed by atoms with E-state index in [0.29, 0.717) is 43.6 Å². The number of carbonyl (C=O) groups is 1. The van der Waals surface area contributed by atoms with Gasteiger partial charge in [0.2, 0.25) is 0 Å². The molecule has 0 aliphatic heterocycles. The first-order chi connectivity index (χ1) is 9.82. The summed E-state index contributed by atoms with van der Waals surface area (Å²) in [5.41, 5.74) is -1.51. The van der Waals surface area contributed by atoms with E-state index in [1.165, 1.54) is 4.90 Å². The van der Waals surface area contributed by atoms with Gasteiger partial charge in [-0.05, 0) is 43.4 Å². The van der Waals surface area contributed by atoms with E-state index in [4.69, 9.17) is 0 Å². The van der Waals surface area contributed by atoms with Gasteiger partial charge in [0.25, 0.3) is 5.91 Å². The minimum Gasteiger partial charge on any atom is -0.338 e. The Morgan fingerprint density at radius 3 is 2.52 bits per heavy atom. The van der Waals surface area contributed by atoms with Crippen LogP contribution >= 0.6 is 0 Å². The van der Waals surface area contributed by atoms with Crippen molar-refractivity contribution in [2.75, 3.05) is 13.1 Å². The van der Waals surface area contributed by atoms with Crippen molar-refractivity contribution < 1.29 is 22.4 Å². The van der Waals surface area contributed by atoms with Crippen LogP contribution < -0.4 is 0 Å². The molecule has 1 amide bonds. The molecule has 0 aromatic heterocycles. The van der Waals surface area contributed by atoms with E-state index in [2.05, 4.69) is 0 Å². The molecule has 21 heavy (non-hydrogen) atoms. The van der Waals surface area contributed by atoms with Crippen LogP contribution in [-0.4, -0.2) is 23.9 Å². The second-order valence-corrected chi connectivity index (χ2v) is 5.39. The molecule has 1 fully saturated rings. The highest BCUT2D eigenvalue weighted by atomic mass is 19.4. The summed E-state index contributed by atoms with van der Waals surface area (Å²) >= 11 is 0. The summed E-state index contributed by atoms with van der Waals surface area (Å²) in [6.45, 7) is 2.78. The lowest BCUT2D eigenvalue weighted by molar-refractivity contribution is -0.137. The molecule has 1 aliphatic rings. The number of hydrogen-bond donors (Lipinski definition) is 0. The fourth-order valence-corrected chi connectivity index (χ4v) is 2.19. The Kier molecular flexibility index (Phi) is 4.54. The van der Waals surface area contributed by atoms with Crippen LogP contribution in [0.1, 0.15) is 42.1 Å². The third-order valence-electron chi connectivity index (χ3n) is 3.48. The molecule has 2 nitrogen and oxygen atoms in total. The van der Waals surface area contributed by atoms with E-state index in [-0.39, 0.29) is 0 Å². The van der Waals surface area contributed by atoms with Crippen LogP contribution in [0.3, 0.4) is 0 Å². The molecule has 0 spiro atoms. The third kappa shape index (κ3) is 3.95. The molecule has 0 N–H and O–H groups in total. The van der Waals surface area contributed by atoms with Crippen molar-refractivity contribution in [3.05, 3.63) is 35.1 Å². The summed E-state index contributed by atoms with van der Waals surface area (Å²) < 4.78 is 51.8. The van der Waals surface area contributed by atoms with E-state index in [9.17, 15) is 22.4 Å². The van der Waals surface area contributed by atoms with Gasteiger partial charge >= 0.3 is 6.18 Å². The van der Waals surface area contributed by atoms with E-state index < -0.39 is 29.0 Å². The maximum atomic E-state index is 13.7. The number of nitrogens with zero attached hydrogens (tertiary/aromatic N) is 1. The molecule has 0 unspecified atom stereocenters. The van der Waals surface area contributed by atoms with Crippen LogP contribution in [0, 0.1) is 11.7 Å². The summed E-state index contributed by atoms with van der Waals surface area (Å²) in [5, 5.41) is 0. The van der Waals surface area contributed by atoms with E-state index in [1.54, 1.807) is 0 Å². The average Bonchev–Trinajstić information content (AvgIpc) is 3.20. The molecule has 0 atom stereocenters. The highest BCUT2D eigenvalue weighted by molar-refractivity contribution is 5.94. The minimum atomic E-state index is -4.59. The molecule has 0 heterocycles. The Morgan fingerprint density at radius 2 is 2.00 bits per heavy atom. The zero-order valence-electron chi connectivity index (χ0n) is 11.7. The molecule has 0 saturated heterocycles. The van der Waals surface area contributed by atoms with Gasteiger partial charge in [0.05, 0.1) is 11.1 Å². The van der Waals surface area contributed by atoms with Crippen LogP contribution in [-0.2, 0) is 6.18 Å². The Morgan fingerprint density at radius 1 is 1.33 bits per heavy atom. The largest absolute Gasteiger partial charge is 0.416 e. The maximum absolute atomic E-state index is 13.7. The lowest BCUT2D eigenvalue weighted by atomic mass is 10.1. The van der Waals surface area contributed by atoms with Crippen molar-refractivity contribution in [2.45, 2.75) is 32.4 Å². The van der Waals surface area contributed by atoms with Crippen molar-refractivity contribution in [1.29, 1.82) is 0 Å². The Labute approximate surface area is 120 Å². The van der Waals surface area contributed by atoms with Gasteiger partial charge in [0.15, 0.2) is 0 Å². The number of amides is 1. The third-order valence-corrected chi connectivity index (χ3v) is 3.48. The van der Waals surface area contributed by atoms with Crippen molar-refractivity contribution in [1.82, 2.24) is 4.90 Å². The monoisotopic (exact) mass is 303 g/mol. The van der Waals surface area contributed by atoms with Gasteiger partial charge in [-0.3, -0.25) is 4.79 Å². The first-order valence-electron chi connectivity index (χ1n) is 6.99. The Hall–Kier alpha value is -1.59. The molecule has 1 aromatic rings. The molecular weight excluding hydrogens is 286 g/mol. The van der Waals surface area contributed by atoms with Gasteiger partial charge in [0.1, 0.15) is 5.82 Å². The van der Waals surface area contributed by atoms with E-state index in [0.717, 1.165) is 12.8 Å². The van der Waals surface area contributed by atoms with Gasteiger partial charge in [-0.2, -0.15) is 13.2 Å². The number of halogens is 4. The minimum absolute atomic E-state index is 0.398. The molecule has 6 heteroatoms. The van der Waals surface area contributed by atoms with Gasteiger partial charge in [-0.25, -0.2) is 4.39 Å². The molecule has 2 rings (SSSR count). The topological polar surface area (TPSA) is 20.3 Å². The zero-order chi connectivity index (χ0) is 15.6. The number of hydrogen-bond acceptors (Lipinski definition) is 1. The molecular formula is C15H17F4NO. The Balaban J connectivity index is 2.26. The van der Waals surface area contributed by atoms with Crippen LogP contribution in [0.25, 0.3) is 0 Å². The van der Waals surface area contributed by atoms with Gasteiger partial charge in [0, 0.05) is 13.1 Å². The highest BCUT2D eigenvalue weighted by Crippen LogP contribution is 2.32. The zero-order valence-corrected chi connectivity index (χ0v) is 11.7. The predicted molar refractivity (Wildman–Crippen MR) is 70.3 cm³/mol. The molecule has 1 aromatic carbocycles.